The highest BCUT2D eigenvalue weighted by atomic mass is 16.6. The van der Waals surface area contributed by atoms with Crippen molar-refractivity contribution in [2.45, 2.75) is 6.10 Å². The van der Waals surface area contributed by atoms with E-state index in [-0.39, 0.29) is 33.2 Å². The van der Waals surface area contributed by atoms with Crippen molar-refractivity contribution in [3.63, 3.8) is 0 Å². The van der Waals surface area contributed by atoms with Gasteiger partial charge in [0, 0.05) is 0 Å². The van der Waals surface area contributed by atoms with Crippen LogP contribution in [-0.4, -0.2) is 54.6 Å². The van der Waals surface area contributed by atoms with Gasteiger partial charge >= 0.3 is 0 Å². The zero-order chi connectivity index (χ0) is 8.53. The van der Waals surface area contributed by atoms with Gasteiger partial charge in [-0.25, -0.2) is 0 Å². The van der Waals surface area contributed by atoms with Gasteiger partial charge in [-0.3, -0.25) is 0 Å². The van der Waals surface area contributed by atoms with Crippen molar-refractivity contribution in [1.82, 2.24) is 0 Å². The first kappa shape index (κ1) is 10.8. The van der Waals surface area contributed by atoms with Gasteiger partial charge in [-0.2, -0.15) is 0 Å². The number of ether oxygens (including phenoxy) is 2. The maximum absolute atomic E-state index is 8.61. The fourth-order valence-electron chi connectivity index (χ4n) is 0.557. The molecule has 0 saturated heterocycles. The molecule has 0 aliphatic heterocycles. The average molecular weight is 166 g/mol. The number of rotatable bonds is 7. The Morgan fingerprint density at radius 3 is 2.36 bits per heavy atom. The van der Waals surface area contributed by atoms with Gasteiger partial charge in [0.2, 0.25) is 0 Å². The van der Waals surface area contributed by atoms with Crippen LogP contribution in [0.3, 0.4) is 0 Å². The van der Waals surface area contributed by atoms with Crippen LogP contribution in [0.5, 0.6) is 0 Å². The van der Waals surface area contributed by atoms with Crippen LogP contribution < -0.4 is 0 Å². The van der Waals surface area contributed by atoms with E-state index in [1.165, 1.54) is 0 Å². The molecule has 0 aliphatic carbocycles. The van der Waals surface area contributed by atoms with E-state index >= 15 is 0 Å². The fourth-order valence-corrected chi connectivity index (χ4v) is 0.557. The molecule has 0 saturated carbocycles. The summed E-state index contributed by atoms with van der Waals surface area (Å²) < 4.78 is 9.48. The second-order valence-corrected chi connectivity index (χ2v) is 1.90. The largest absolute Gasteiger partial charge is 0.394 e. The topological polar surface area (TPSA) is 79.2 Å². The number of aliphatic hydroxyl groups is 3. The van der Waals surface area contributed by atoms with Crippen LogP contribution in [-0.2, 0) is 9.47 Å². The molecule has 0 aromatic heterocycles. The third kappa shape index (κ3) is 6.21. The van der Waals surface area contributed by atoms with Crippen LogP contribution in [0.15, 0.2) is 0 Å². The van der Waals surface area contributed by atoms with Crippen molar-refractivity contribution in [1.29, 1.82) is 0 Å². The van der Waals surface area contributed by atoms with Crippen LogP contribution in [0.25, 0.3) is 0 Å². The van der Waals surface area contributed by atoms with Gasteiger partial charge in [0.1, 0.15) is 12.9 Å². The molecule has 5 heteroatoms. The number of hydrogen-bond acceptors (Lipinski definition) is 5. The molecule has 68 valence electrons. The van der Waals surface area contributed by atoms with E-state index in [0.29, 0.717) is 0 Å². The van der Waals surface area contributed by atoms with E-state index < -0.39 is 6.10 Å². The number of aliphatic hydroxyl groups excluding tert-OH is 3. The minimum Gasteiger partial charge on any atom is -0.394 e. The highest BCUT2D eigenvalue weighted by Crippen LogP contribution is 1.91. The summed E-state index contributed by atoms with van der Waals surface area (Å²) in [5.41, 5.74) is 0. The SMILES string of the molecule is OCCOC(CO)COCO. The predicted octanol–water partition coefficient (Wildman–Crippen LogP) is -1.68. The third-order valence-corrected chi connectivity index (χ3v) is 1.04. The van der Waals surface area contributed by atoms with Crippen LogP contribution >= 0.6 is 0 Å². The summed E-state index contributed by atoms with van der Waals surface area (Å²) in [7, 11) is 0. The van der Waals surface area contributed by atoms with Crippen molar-refractivity contribution in [3.8, 4) is 0 Å². The zero-order valence-corrected chi connectivity index (χ0v) is 6.27. The predicted molar refractivity (Wildman–Crippen MR) is 36.9 cm³/mol. The Labute approximate surface area is 65.2 Å². The lowest BCUT2D eigenvalue weighted by atomic mass is 10.4. The normalized spacial score (nSPS) is 13.4. The maximum atomic E-state index is 8.61. The summed E-state index contributed by atoms with van der Waals surface area (Å²) in [6, 6.07) is 0. The van der Waals surface area contributed by atoms with Crippen molar-refractivity contribution in [2.75, 3.05) is 33.2 Å². The van der Waals surface area contributed by atoms with E-state index in [9.17, 15) is 0 Å². The summed E-state index contributed by atoms with van der Waals surface area (Å²) in [5.74, 6) is 0. The molecule has 0 amide bonds. The number of hydrogen-bond donors (Lipinski definition) is 3. The van der Waals surface area contributed by atoms with Gasteiger partial charge in [0.15, 0.2) is 0 Å². The van der Waals surface area contributed by atoms with Crippen LogP contribution in [0.1, 0.15) is 0 Å². The van der Waals surface area contributed by atoms with E-state index in [0.717, 1.165) is 0 Å². The van der Waals surface area contributed by atoms with Crippen LogP contribution in [0.2, 0.25) is 0 Å². The molecule has 0 aromatic rings. The first-order chi connectivity index (χ1) is 5.35. The van der Waals surface area contributed by atoms with Crippen LogP contribution in [0.4, 0.5) is 0 Å². The van der Waals surface area contributed by atoms with Gasteiger partial charge < -0.3 is 24.8 Å². The molecule has 3 N–H and O–H groups in total. The molecular formula is C6H14O5. The lowest BCUT2D eigenvalue weighted by molar-refractivity contribution is -0.0839. The Balaban J connectivity index is 3.25. The molecule has 1 unspecified atom stereocenters. The molecule has 0 bridgehead atoms. The summed E-state index contributed by atoms with van der Waals surface area (Å²) in [4.78, 5) is 0. The van der Waals surface area contributed by atoms with Crippen molar-refractivity contribution in [3.05, 3.63) is 0 Å². The molecule has 1 atom stereocenters. The lowest BCUT2D eigenvalue weighted by Gasteiger charge is -2.13. The first-order valence-electron chi connectivity index (χ1n) is 3.37. The van der Waals surface area contributed by atoms with Gasteiger partial charge in [0.05, 0.1) is 26.4 Å². The van der Waals surface area contributed by atoms with Gasteiger partial charge in [-0.05, 0) is 0 Å². The highest BCUT2D eigenvalue weighted by Gasteiger charge is 2.06. The van der Waals surface area contributed by atoms with Gasteiger partial charge in [0.25, 0.3) is 0 Å². The highest BCUT2D eigenvalue weighted by molar-refractivity contribution is 4.52. The smallest absolute Gasteiger partial charge is 0.143 e. The Morgan fingerprint density at radius 1 is 1.18 bits per heavy atom. The van der Waals surface area contributed by atoms with Gasteiger partial charge in [-0.1, -0.05) is 0 Å². The molecule has 0 aromatic carbocycles. The fraction of sp³-hybridized carbons (Fsp3) is 1.00. The Morgan fingerprint density at radius 2 is 1.91 bits per heavy atom. The Hall–Kier alpha value is -0.200. The van der Waals surface area contributed by atoms with Crippen molar-refractivity contribution in [2.24, 2.45) is 0 Å². The molecular weight excluding hydrogens is 152 g/mol. The molecule has 5 nitrogen and oxygen atoms in total. The zero-order valence-electron chi connectivity index (χ0n) is 6.27. The second-order valence-electron chi connectivity index (χ2n) is 1.90. The lowest BCUT2D eigenvalue weighted by Crippen LogP contribution is -2.25. The minimum atomic E-state index is -0.464. The monoisotopic (exact) mass is 166 g/mol. The third-order valence-electron chi connectivity index (χ3n) is 1.04. The Bertz CT molecular complexity index is 69.4. The van der Waals surface area contributed by atoms with Gasteiger partial charge in [-0.15, -0.1) is 0 Å². The van der Waals surface area contributed by atoms with E-state index in [4.69, 9.17) is 20.1 Å². The second kappa shape index (κ2) is 7.90. The minimum absolute atomic E-state index is 0.0877. The maximum Gasteiger partial charge on any atom is 0.143 e. The molecule has 0 spiro atoms. The molecule has 0 rings (SSSR count). The summed E-state index contributed by atoms with van der Waals surface area (Å²) >= 11 is 0. The standard InChI is InChI=1S/C6H14O5/c7-1-2-11-6(3-8)4-10-5-9/h6-9H,1-5H2. The molecule has 0 aliphatic rings. The summed E-state index contributed by atoms with van der Waals surface area (Å²) in [6.07, 6.45) is -0.464. The van der Waals surface area contributed by atoms with Crippen molar-refractivity contribution >= 4 is 0 Å². The van der Waals surface area contributed by atoms with Crippen molar-refractivity contribution < 1.29 is 24.8 Å². The molecule has 0 heterocycles. The first-order valence-corrected chi connectivity index (χ1v) is 3.37. The van der Waals surface area contributed by atoms with E-state index in [1.54, 1.807) is 0 Å². The molecule has 0 radical (unpaired) electrons. The Kier molecular flexibility index (Phi) is 7.76. The molecule has 0 fully saturated rings. The average Bonchev–Trinajstić information content (AvgIpc) is 2.05. The van der Waals surface area contributed by atoms with E-state index in [2.05, 4.69) is 4.74 Å². The summed E-state index contributed by atoms with van der Waals surface area (Å²) in [6.45, 7) is -0.359. The molecule has 11 heavy (non-hydrogen) atoms. The summed E-state index contributed by atoms with van der Waals surface area (Å²) in [5, 5.41) is 25.2. The quantitative estimate of drug-likeness (QED) is 0.394. The van der Waals surface area contributed by atoms with E-state index in [1.807, 2.05) is 0 Å². The van der Waals surface area contributed by atoms with Crippen LogP contribution in [0, 0.1) is 0 Å².